The summed E-state index contributed by atoms with van der Waals surface area (Å²) in [6.45, 7) is 4.13. The highest BCUT2D eigenvalue weighted by Crippen LogP contribution is 2.41. The number of allylic oxidation sites excluding steroid dienone is 2. The van der Waals surface area contributed by atoms with Crippen LogP contribution < -0.4 is 0 Å². The summed E-state index contributed by atoms with van der Waals surface area (Å²) in [6, 6.07) is 8.83. The van der Waals surface area contributed by atoms with Crippen molar-refractivity contribution in [3.05, 3.63) is 63.9 Å². The van der Waals surface area contributed by atoms with Gasteiger partial charge in [0.2, 0.25) is 0 Å². The van der Waals surface area contributed by atoms with E-state index >= 15 is 0 Å². The number of nitrogens with zero attached hydrogens (tertiary/aromatic N) is 1. The number of hydrogen-bond acceptors (Lipinski definition) is 2. The van der Waals surface area contributed by atoms with E-state index in [-0.39, 0.29) is 17.5 Å². The van der Waals surface area contributed by atoms with Crippen molar-refractivity contribution in [3.63, 3.8) is 0 Å². The number of fused-ring (bicyclic) bond motifs is 3. The van der Waals surface area contributed by atoms with Gasteiger partial charge in [-0.1, -0.05) is 24.3 Å². The first-order valence-electron chi connectivity index (χ1n) is 8.02. The van der Waals surface area contributed by atoms with Gasteiger partial charge in [-0.2, -0.15) is 0 Å². The van der Waals surface area contributed by atoms with Gasteiger partial charge in [-0.25, -0.2) is 4.39 Å². The van der Waals surface area contributed by atoms with E-state index in [0.717, 1.165) is 22.3 Å². The largest absolute Gasteiger partial charge is 0.340 e. The van der Waals surface area contributed by atoms with Gasteiger partial charge in [0.1, 0.15) is 5.82 Å². The molecule has 2 heterocycles. The molecule has 1 unspecified atom stereocenters. The summed E-state index contributed by atoms with van der Waals surface area (Å²) in [4.78, 5) is 14.3. The highest BCUT2D eigenvalue weighted by atomic mass is 32.1. The van der Waals surface area contributed by atoms with Crippen LogP contribution in [0.5, 0.6) is 0 Å². The zero-order valence-electron chi connectivity index (χ0n) is 13.9. The lowest BCUT2D eigenvalue weighted by Crippen LogP contribution is -2.23. The molecular formula is C20H18FNOS. The van der Waals surface area contributed by atoms with E-state index in [2.05, 4.69) is 13.0 Å². The number of carbonyl (C=O) groups excluding carboxylic acids is 1. The van der Waals surface area contributed by atoms with Crippen molar-refractivity contribution in [2.24, 2.45) is 13.0 Å². The first-order chi connectivity index (χ1) is 11.5. The predicted octanol–water partition coefficient (Wildman–Crippen LogP) is 5.15. The van der Waals surface area contributed by atoms with Crippen molar-refractivity contribution in [2.45, 2.75) is 20.3 Å². The van der Waals surface area contributed by atoms with Crippen LogP contribution >= 0.6 is 11.3 Å². The molecule has 2 aromatic heterocycles. The van der Waals surface area contributed by atoms with Crippen LogP contribution in [0.1, 0.15) is 33.4 Å². The third kappa shape index (κ3) is 2.17. The predicted molar refractivity (Wildman–Crippen MR) is 97.1 cm³/mol. The van der Waals surface area contributed by atoms with E-state index in [1.807, 2.05) is 30.7 Å². The molecule has 0 bridgehead atoms. The van der Waals surface area contributed by atoms with E-state index in [9.17, 15) is 9.18 Å². The van der Waals surface area contributed by atoms with E-state index in [1.165, 1.54) is 15.6 Å². The molecule has 0 radical (unpaired) electrons. The van der Waals surface area contributed by atoms with Gasteiger partial charge in [-0.05, 0) is 43.5 Å². The molecule has 4 rings (SSSR count). The van der Waals surface area contributed by atoms with Crippen molar-refractivity contribution < 1.29 is 9.18 Å². The molecule has 122 valence electrons. The summed E-state index contributed by atoms with van der Waals surface area (Å²) < 4.78 is 17.1. The van der Waals surface area contributed by atoms with Crippen molar-refractivity contribution in [1.82, 2.24) is 4.57 Å². The maximum absolute atomic E-state index is 14.0. The van der Waals surface area contributed by atoms with Crippen molar-refractivity contribution in [1.29, 1.82) is 0 Å². The first-order valence-corrected chi connectivity index (χ1v) is 8.84. The van der Waals surface area contributed by atoms with Crippen molar-refractivity contribution >= 4 is 32.9 Å². The number of ketones is 1. The number of hydrogen-bond donors (Lipinski definition) is 0. The molecule has 4 heteroatoms. The molecule has 0 N–H and O–H groups in total. The first kappa shape index (κ1) is 15.3. The highest BCUT2D eigenvalue weighted by Gasteiger charge is 2.32. The van der Waals surface area contributed by atoms with E-state index in [1.54, 1.807) is 23.5 Å². The minimum atomic E-state index is -0.307. The molecule has 1 aliphatic rings. The molecule has 1 atom stereocenters. The van der Waals surface area contributed by atoms with Gasteiger partial charge in [0, 0.05) is 23.4 Å². The fraction of sp³-hybridized carbons (Fsp3) is 0.250. The fourth-order valence-electron chi connectivity index (χ4n) is 3.67. The molecule has 0 saturated carbocycles. The van der Waals surface area contributed by atoms with Gasteiger partial charge in [-0.3, -0.25) is 4.79 Å². The van der Waals surface area contributed by atoms with Gasteiger partial charge in [0.05, 0.1) is 15.9 Å². The molecule has 24 heavy (non-hydrogen) atoms. The van der Waals surface area contributed by atoms with Gasteiger partial charge in [-0.15, -0.1) is 11.3 Å². The van der Waals surface area contributed by atoms with Gasteiger partial charge in [0.25, 0.3) is 0 Å². The van der Waals surface area contributed by atoms with Crippen molar-refractivity contribution in [2.75, 3.05) is 0 Å². The van der Waals surface area contributed by atoms with Gasteiger partial charge in [0.15, 0.2) is 5.78 Å². The molecule has 0 aliphatic heterocycles. The molecule has 0 spiro atoms. The van der Waals surface area contributed by atoms with E-state index in [4.69, 9.17) is 0 Å². The average Bonchev–Trinajstić information content (AvgIpc) is 3.04. The van der Waals surface area contributed by atoms with Crippen LogP contribution in [0, 0.1) is 18.7 Å². The maximum atomic E-state index is 14.0. The Morgan fingerprint density at radius 2 is 2.00 bits per heavy atom. The second kappa shape index (κ2) is 5.42. The minimum Gasteiger partial charge on any atom is -0.340 e. The summed E-state index contributed by atoms with van der Waals surface area (Å²) in [5, 5.41) is 0. The Morgan fingerprint density at radius 3 is 2.75 bits per heavy atom. The number of aromatic nitrogens is 1. The summed E-state index contributed by atoms with van der Waals surface area (Å²) in [5.74, 6) is -0.466. The van der Waals surface area contributed by atoms with Crippen LogP contribution in [0.2, 0.25) is 0 Å². The number of aryl methyl sites for hydroxylation is 2. The zero-order valence-corrected chi connectivity index (χ0v) is 14.7. The molecule has 0 saturated heterocycles. The average molecular weight is 339 g/mol. The van der Waals surface area contributed by atoms with E-state index < -0.39 is 0 Å². The minimum absolute atomic E-state index is 0.0856. The normalized spacial score (nSPS) is 17.2. The Balaban J connectivity index is 1.82. The lowest BCUT2D eigenvalue weighted by Gasteiger charge is -2.20. The Labute approximate surface area is 144 Å². The third-order valence-corrected chi connectivity index (χ3v) is 5.87. The Kier molecular flexibility index (Phi) is 3.46. The van der Waals surface area contributed by atoms with Crippen LogP contribution in [-0.2, 0) is 13.5 Å². The molecule has 3 aromatic rings. The lowest BCUT2D eigenvalue weighted by atomic mass is 9.84. The number of halogens is 1. The Bertz CT molecular complexity index is 1010. The molecule has 2 nitrogen and oxygen atoms in total. The standard InChI is InChI=1S/C20H18FNOS/c1-11-8-14(10-13-6-4-5-7-15(13)21)19(23)18-17(11)20-16(22(18)3)9-12(2)24-20/h4-9,14H,10H2,1-3H3. The molecule has 1 aliphatic carbocycles. The lowest BCUT2D eigenvalue weighted by molar-refractivity contribution is 0.0934. The third-order valence-electron chi connectivity index (χ3n) is 4.81. The zero-order chi connectivity index (χ0) is 17.0. The van der Waals surface area contributed by atoms with E-state index in [0.29, 0.717) is 12.0 Å². The van der Waals surface area contributed by atoms with Gasteiger partial charge < -0.3 is 4.57 Å². The fourth-order valence-corrected chi connectivity index (χ4v) is 4.82. The Morgan fingerprint density at radius 1 is 1.25 bits per heavy atom. The quantitative estimate of drug-likeness (QED) is 0.633. The van der Waals surface area contributed by atoms with Crippen LogP contribution in [0.25, 0.3) is 15.8 Å². The molecule has 1 aromatic carbocycles. The van der Waals surface area contributed by atoms with Gasteiger partial charge >= 0.3 is 0 Å². The maximum Gasteiger partial charge on any atom is 0.187 e. The monoisotopic (exact) mass is 339 g/mol. The molecule has 0 fully saturated rings. The molecule has 0 amide bonds. The second-order valence-corrected chi connectivity index (χ2v) is 7.73. The number of Topliss-reactive ketones (excluding diaryl/α,β-unsaturated/α-hetero) is 1. The van der Waals surface area contributed by atoms with Crippen LogP contribution in [-0.4, -0.2) is 10.4 Å². The Hall–Kier alpha value is -2.20. The summed E-state index contributed by atoms with van der Waals surface area (Å²) >= 11 is 1.73. The second-order valence-electron chi connectivity index (χ2n) is 6.47. The summed E-state index contributed by atoms with van der Waals surface area (Å²) in [6.07, 6.45) is 2.41. The highest BCUT2D eigenvalue weighted by molar-refractivity contribution is 7.19. The smallest absolute Gasteiger partial charge is 0.187 e. The topological polar surface area (TPSA) is 22.0 Å². The summed E-state index contributed by atoms with van der Waals surface area (Å²) in [5.41, 5.74) is 4.63. The number of benzene rings is 1. The van der Waals surface area contributed by atoms with Crippen LogP contribution in [0.4, 0.5) is 4.39 Å². The molecular weight excluding hydrogens is 321 g/mol. The number of thiophene rings is 1. The van der Waals surface area contributed by atoms with Crippen molar-refractivity contribution in [3.8, 4) is 0 Å². The number of carbonyl (C=O) groups is 1. The van der Waals surface area contributed by atoms with Crippen LogP contribution in [0.15, 0.2) is 36.4 Å². The van der Waals surface area contributed by atoms with Crippen LogP contribution in [0.3, 0.4) is 0 Å². The SMILES string of the molecule is CC1=CC(Cc2ccccc2F)C(=O)c2c1c1sc(C)cc1n2C. The number of rotatable bonds is 2. The summed E-state index contributed by atoms with van der Waals surface area (Å²) in [7, 11) is 1.95.